The van der Waals surface area contributed by atoms with Gasteiger partial charge in [-0.25, -0.2) is 0 Å². The number of halogens is 2. The lowest BCUT2D eigenvalue weighted by atomic mass is 10.1. The first-order chi connectivity index (χ1) is 19.3. The molecule has 0 saturated carbocycles. The van der Waals surface area contributed by atoms with E-state index in [1.54, 1.807) is 24.3 Å². The fourth-order valence-corrected chi connectivity index (χ4v) is 5.83. The Bertz CT molecular complexity index is 1650. The molecule has 0 aromatic heterocycles. The Morgan fingerprint density at radius 3 is 2.52 bits per heavy atom. The van der Waals surface area contributed by atoms with E-state index in [1.165, 1.54) is 7.11 Å². The Morgan fingerprint density at radius 2 is 1.75 bits per heavy atom. The molecule has 4 aromatic carbocycles. The smallest absolute Gasteiger partial charge is 0.294 e. The first-order valence-corrected chi connectivity index (χ1v) is 14.5. The molecule has 0 spiro atoms. The molecule has 40 heavy (non-hydrogen) atoms. The summed E-state index contributed by atoms with van der Waals surface area (Å²) in [5, 5.41) is 4.15. The van der Waals surface area contributed by atoms with E-state index in [1.807, 2.05) is 60.7 Å². The molecular formula is C30H22Br2N2O5S. The van der Waals surface area contributed by atoms with E-state index in [0.29, 0.717) is 33.8 Å². The van der Waals surface area contributed by atoms with Crippen molar-refractivity contribution in [2.75, 3.05) is 19.0 Å². The molecular weight excluding hydrogens is 660 g/mol. The van der Waals surface area contributed by atoms with E-state index >= 15 is 0 Å². The van der Waals surface area contributed by atoms with Crippen molar-refractivity contribution < 1.29 is 23.9 Å². The highest BCUT2D eigenvalue weighted by Gasteiger charge is 2.36. The van der Waals surface area contributed by atoms with Gasteiger partial charge in [0.2, 0.25) is 5.91 Å². The monoisotopic (exact) mass is 680 g/mol. The number of amides is 3. The summed E-state index contributed by atoms with van der Waals surface area (Å²) in [5.74, 6) is -0.0162. The molecule has 0 atom stereocenters. The molecule has 1 fully saturated rings. The minimum atomic E-state index is -0.534. The maximum atomic E-state index is 13.1. The van der Waals surface area contributed by atoms with Gasteiger partial charge in [0.05, 0.1) is 16.5 Å². The number of methoxy groups -OCH3 is 1. The lowest BCUT2D eigenvalue weighted by molar-refractivity contribution is -0.127. The van der Waals surface area contributed by atoms with Crippen LogP contribution in [0.25, 0.3) is 16.8 Å². The first-order valence-electron chi connectivity index (χ1n) is 12.1. The maximum absolute atomic E-state index is 13.1. The topological polar surface area (TPSA) is 84.9 Å². The second-order valence-corrected chi connectivity index (χ2v) is 11.6. The van der Waals surface area contributed by atoms with Crippen molar-refractivity contribution in [2.24, 2.45) is 0 Å². The third kappa shape index (κ3) is 6.24. The summed E-state index contributed by atoms with van der Waals surface area (Å²) in [6.07, 6.45) is 1.60. The van der Waals surface area contributed by atoms with E-state index in [9.17, 15) is 14.4 Å². The number of thioether (sulfide) groups is 1. The highest BCUT2D eigenvalue weighted by Crippen LogP contribution is 2.39. The molecule has 5 rings (SSSR count). The number of nitrogens with one attached hydrogen (secondary N) is 1. The molecule has 1 aliphatic heterocycles. The number of rotatable bonds is 8. The zero-order chi connectivity index (χ0) is 28.2. The minimum absolute atomic E-state index is 0.209. The molecule has 1 saturated heterocycles. The predicted molar refractivity (Wildman–Crippen MR) is 164 cm³/mol. The normalized spacial score (nSPS) is 14.2. The summed E-state index contributed by atoms with van der Waals surface area (Å²) in [4.78, 5) is 39.7. The molecule has 3 amide bonds. The first kappa shape index (κ1) is 27.9. The lowest BCUT2D eigenvalue weighted by Crippen LogP contribution is -2.36. The van der Waals surface area contributed by atoms with Crippen LogP contribution in [-0.4, -0.2) is 35.6 Å². The highest BCUT2D eigenvalue weighted by atomic mass is 79.9. The van der Waals surface area contributed by atoms with E-state index < -0.39 is 17.1 Å². The van der Waals surface area contributed by atoms with Gasteiger partial charge in [0.1, 0.15) is 13.2 Å². The second-order valence-electron chi connectivity index (χ2n) is 8.79. The second kappa shape index (κ2) is 12.3. The van der Waals surface area contributed by atoms with Crippen LogP contribution < -0.4 is 14.8 Å². The average Bonchev–Trinajstić information content (AvgIpc) is 3.20. The van der Waals surface area contributed by atoms with Gasteiger partial charge in [-0.15, -0.1) is 0 Å². The van der Waals surface area contributed by atoms with Crippen molar-refractivity contribution in [3.63, 3.8) is 0 Å². The quantitative estimate of drug-likeness (QED) is 0.193. The molecule has 10 heteroatoms. The van der Waals surface area contributed by atoms with Crippen LogP contribution in [0.2, 0.25) is 0 Å². The average molecular weight is 682 g/mol. The number of carbonyl (C=O) groups is 3. The summed E-state index contributed by atoms with van der Waals surface area (Å²) in [7, 11) is 1.53. The number of anilines is 1. The molecule has 1 aliphatic rings. The largest absolute Gasteiger partial charge is 0.493 e. The van der Waals surface area contributed by atoms with Crippen molar-refractivity contribution in [1.82, 2.24) is 4.90 Å². The number of fused-ring (bicyclic) bond motifs is 1. The van der Waals surface area contributed by atoms with Gasteiger partial charge < -0.3 is 14.8 Å². The molecule has 0 bridgehead atoms. The van der Waals surface area contributed by atoms with E-state index in [4.69, 9.17) is 9.47 Å². The van der Waals surface area contributed by atoms with Gasteiger partial charge in [0.15, 0.2) is 11.5 Å². The van der Waals surface area contributed by atoms with Gasteiger partial charge in [-0.3, -0.25) is 19.3 Å². The van der Waals surface area contributed by atoms with Crippen LogP contribution in [0.3, 0.4) is 0 Å². The third-order valence-corrected chi connectivity index (χ3v) is 8.11. The van der Waals surface area contributed by atoms with Crippen molar-refractivity contribution in [3.8, 4) is 11.5 Å². The van der Waals surface area contributed by atoms with Crippen LogP contribution in [-0.2, 0) is 16.2 Å². The Morgan fingerprint density at radius 1 is 1.00 bits per heavy atom. The van der Waals surface area contributed by atoms with Crippen molar-refractivity contribution >= 4 is 83.2 Å². The summed E-state index contributed by atoms with van der Waals surface area (Å²) in [5.41, 5.74) is 2.23. The van der Waals surface area contributed by atoms with Crippen LogP contribution in [0.5, 0.6) is 11.5 Å². The van der Waals surface area contributed by atoms with Gasteiger partial charge in [-0.1, -0.05) is 64.5 Å². The lowest BCUT2D eigenvalue weighted by Gasteiger charge is -2.14. The fraction of sp³-hybridized carbons (Fsp3) is 0.100. The van der Waals surface area contributed by atoms with Crippen LogP contribution in [0.4, 0.5) is 10.5 Å². The molecule has 7 nitrogen and oxygen atoms in total. The van der Waals surface area contributed by atoms with E-state index in [2.05, 4.69) is 37.2 Å². The van der Waals surface area contributed by atoms with Gasteiger partial charge in [0, 0.05) is 15.5 Å². The third-order valence-electron chi connectivity index (χ3n) is 6.08. The highest BCUT2D eigenvalue weighted by molar-refractivity contribution is 9.10. The maximum Gasteiger partial charge on any atom is 0.294 e. The number of imide groups is 1. The molecule has 0 aliphatic carbocycles. The molecule has 0 radical (unpaired) electrons. The van der Waals surface area contributed by atoms with Gasteiger partial charge >= 0.3 is 0 Å². The SMILES string of the molecule is COc1cc(/C=C2/SC(=O)N(CC(=O)Nc3cccc4ccccc34)C2=O)cc(Br)c1OCc1ccc(Br)cc1. The Hall–Kier alpha value is -3.60. The summed E-state index contributed by atoms with van der Waals surface area (Å²) >= 11 is 7.74. The Kier molecular flexibility index (Phi) is 8.58. The standard InChI is InChI=1S/C30H22Br2N2O5S/c1-38-25-14-19(13-23(32)28(25)39-17-18-9-11-21(31)12-10-18)15-26-29(36)34(30(37)40-26)16-27(35)33-24-8-4-6-20-5-2-3-7-22(20)24/h2-15H,16-17H2,1H3,(H,33,35)/b26-15+. The molecule has 1 N–H and O–H groups in total. The number of hydrogen-bond donors (Lipinski definition) is 1. The summed E-state index contributed by atoms with van der Waals surface area (Å²) < 4.78 is 13.1. The van der Waals surface area contributed by atoms with Gasteiger partial charge in [-0.05, 0) is 80.6 Å². The number of nitrogens with zero attached hydrogens (tertiary/aromatic N) is 1. The number of carbonyl (C=O) groups excluding carboxylic acids is 3. The Labute approximate surface area is 251 Å². The van der Waals surface area contributed by atoms with Crippen LogP contribution in [0, 0.1) is 0 Å². The Balaban J connectivity index is 1.29. The van der Waals surface area contributed by atoms with Crippen molar-refractivity contribution in [1.29, 1.82) is 0 Å². The number of benzene rings is 4. The summed E-state index contributed by atoms with van der Waals surface area (Å²) in [6.45, 7) is -0.0532. The molecule has 0 unspecified atom stereocenters. The number of hydrogen-bond acceptors (Lipinski definition) is 6. The predicted octanol–water partition coefficient (Wildman–Crippen LogP) is 7.63. The van der Waals surface area contributed by atoms with E-state index in [0.717, 1.165) is 37.5 Å². The molecule has 4 aromatic rings. The van der Waals surface area contributed by atoms with Crippen LogP contribution in [0.1, 0.15) is 11.1 Å². The van der Waals surface area contributed by atoms with Crippen LogP contribution in [0.15, 0.2) is 92.7 Å². The molecule has 1 heterocycles. The van der Waals surface area contributed by atoms with Crippen molar-refractivity contribution in [2.45, 2.75) is 6.61 Å². The van der Waals surface area contributed by atoms with E-state index in [-0.39, 0.29) is 11.4 Å². The zero-order valence-corrected chi connectivity index (χ0v) is 25.1. The van der Waals surface area contributed by atoms with Crippen molar-refractivity contribution in [3.05, 3.63) is 104 Å². The summed E-state index contributed by atoms with van der Waals surface area (Å²) in [6, 6.07) is 24.5. The van der Waals surface area contributed by atoms with Gasteiger partial charge in [0.25, 0.3) is 11.1 Å². The zero-order valence-electron chi connectivity index (χ0n) is 21.1. The fourth-order valence-electron chi connectivity index (χ4n) is 4.15. The van der Waals surface area contributed by atoms with Crippen LogP contribution >= 0.6 is 43.6 Å². The van der Waals surface area contributed by atoms with Gasteiger partial charge in [-0.2, -0.15) is 0 Å². The number of ether oxygens (including phenoxy) is 2. The minimum Gasteiger partial charge on any atom is -0.493 e. The molecule has 202 valence electrons.